The molecule has 0 bridgehead atoms. The van der Waals surface area contributed by atoms with Crippen LogP contribution in [0, 0.1) is 0 Å². The molecule has 0 saturated heterocycles. The smallest absolute Gasteiger partial charge is 0.161 e. The van der Waals surface area contributed by atoms with Crippen molar-refractivity contribution in [1.82, 2.24) is 9.97 Å². The van der Waals surface area contributed by atoms with Crippen molar-refractivity contribution in [1.29, 1.82) is 0 Å². The molecule has 0 atom stereocenters. The van der Waals surface area contributed by atoms with E-state index in [1.807, 2.05) is 31.2 Å². The summed E-state index contributed by atoms with van der Waals surface area (Å²) in [5.74, 6) is 2.65. The minimum Gasteiger partial charge on any atom is -0.494 e. The van der Waals surface area contributed by atoms with Gasteiger partial charge in [0.15, 0.2) is 5.82 Å². The van der Waals surface area contributed by atoms with Gasteiger partial charge < -0.3 is 10.1 Å². The second-order valence-electron chi connectivity index (χ2n) is 5.17. The van der Waals surface area contributed by atoms with Gasteiger partial charge in [0.25, 0.3) is 0 Å². The second kappa shape index (κ2) is 6.12. The van der Waals surface area contributed by atoms with Crippen molar-refractivity contribution >= 4 is 5.82 Å². The van der Waals surface area contributed by atoms with Crippen LogP contribution in [0.5, 0.6) is 5.75 Å². The summed E-state index contributed by atoms with van der Waals surface area (Å²) in [6.07, 6.45) is 3.30. The lowest BCUT2D eigenvalue weighted by atomic mass is 10.1. The molecule has 0 aliphatic heterocycles. The summed E-state index contributed by atoms with van der Waals surface area (Å²) in [7, 11) is 0. The predicted octanol–water partition coefficient (Wildman–Crippen LogP) is 3.46. The van der Waals surface area contributed by atoms with E-state index >= 15 is 0 Å². The zero-order valence-electron chi connectivity index (χ0n) is 12.6. The van der Waals surface area contributed by atoms with Gasteiger partial charge in [-0.3, -0.25) is 0 Å². The van der Waals surface area contributed by atoms with Crippen LogP contribution >= 0.6 is 0 Å². The fraction of sp³-hybridized carbons (Fsp3) is 0.412. The first-order valence-electron chi connectivity index (χ1n) is 7.68. The van der Waals surface area contributed by atoms with E-state index in [1.165, 1.54) is 17.7 Å². The minimum absolute atomic E-state index is 0.664. The van der Waals surface area contributed by atoms with Crippen LogP contribution in [0.2, 0.25) is 0 Å². The van der Waals surface area contributed by atoms with Crippen molar-refractivity contribution in [3.8, 4) is 17.1 Å². The third-order valence-electron chi connectivity index (χ3n) is 3.68. The Morgan fingerprint density at radius 2 is 2.10 bits per heavy atom. The second-order valence-corrected chi connectivity index (χ2v) is 5.17. The van der Waals surface area contributed by atoms with Crippen molar-refractivity contribution in [3.05, 3.63) is 35.5 Å². The fourth-order valence-corrected chi connectivity index (χ4v) is 2.77. The Labute approximate surface area is 125 Å². The quantitative estimate of drug-likeness (QED) is 0.913. The first-order chi connectivity index (χ1) is 10.3. The lowest BCUT2D eigenvalue weighted by molar-refractivity contribution is 0.340. The van der Waals surface area contributed by atoms with Crippen LogP contribution in [0.25, 0.3) is 11.4 Å². The highest BCUT2D eigenvalue weighted by molar-refractivity contribution is 5.62. The molecular weight excluding hydrogens is 262 g/mol. The third-order valence-corrected chi connectivity index (χ3v) is 3.68. The van der Waals surface area contributed by atoms with Gasteiger partial charge in [-0.05, 0) is 45.2 Å². The third kappa shape index (κ3) is 2.84. The average Bonchev–Trinajstić information content (AvgIpc) is 2.97. The summed E-state index contributed by atoms with van der Waals surface area (Å²) < 4.78 is 5.57. The van der Waals surface area contributed by atoms with E-state index in [0.717, 1.165) is 42.3 Å². The molecule has 0 amide bonds. The molecule has 0 unspecified atom stereocenters. The maximum atomic E-state index is 5.57. The average molecular weight is 283 g/mol. The molecular formula is C17H21N3O. The maximum Gasteiger partial charge on any atom is 0.161 e. The Hall–Kier alpha value is -2.10. The van der Waals surface area contributed by atoms with Crippen molar-refractivity contribution < 1.29 is 4.74 Å². The van der Waals surface area contributed by atoms with Crippen LogP contribution in [0.1, 0.15) is 31.5 Å². The van der Waals surface area contributed by atoms with Gasteiger partial charge in [-0.25, -0.2) is 9.97 Å². The zero-order valence-corrected chi connectivity index (χ0v) is 12.6. The number of rotatable bonds is 5. The first-order valence-corrected chi connectivity index (χ1v) is 7.68. The highest BCUT2D eigenvalue weighted by Gasteiger charge is 2.19. The molecule has 3 rings (SSSR count). The summed E-state index contributed by atoms with van der Waals surface area (Å²) >= 11 is 0. The van der Waals surface area contributed by atoms with Crippen LogP contribution in [-0.2, 0) is 12.8 Å². The van der Waals surface area contributed by atoms with Gasteiger partial charge >= 0.3 is 0 Å². The minimum atomic E-state index is 0.664. The summed E-state index contributed by atoms with van der Waals surface area (Å²) in [5, 5.41) is 3.38. The Balaban J connectivity index is 2.02. The summed E-state index contributed by atoms with van der Waals surface area (Å²) in [4.78, 5) is 9.49. The highest BCUT2D eigenvalue weighted by Crippen LogP contribution is 2.30. The van der Waals surface area contributed by atoms with Crippen molar-refractivity contribution in [2.24, 2.45) is 0 Å². The van der Waals surface area contributed by atoms with E-state index in [9.17, 15) is 0 Å². The Kier molecular flexibility index (Phi) is 4.04. The molecule has 0 radical (unpaired) electrons. The number of hydrogen-bond donors (Lipinski definition) is 1. The van der Waals surface area contributed by atoms with Crippen LogP contribution in [0.4, 0.5) is 5.82 Å². The Morgan fingerprint density at radius 1 is 1.19 bits per heavy atom. The van der Waals surface area contributed by atoms with Gasteiger partial charge in [0.05, 0.1) is 6.61 Å². The topological polar surface area (TPSA) is 47.0 Å². The fourth-order valence-electron chi connectivity index (χ4n) is 2.77. The molecule has 1 N–H and O–H groups in total. The van der Waals surface area contributed by atoms with Crippen LogP contribution in [0.15, 0.2) is 24.3 Å². The van der Waals surface area contributed by atoms with E-state index in [-0.39, 0.29) is 0 Å². The zero-order chi connectivity index (χ0) is 14.7. The number of aromatic nitrogens is 2. The Morgan fingerprint density at radius 3 is 2.90 bits per heavy atom. The molecule has 21 heavy (non-hydrogen) atoms. The molecule has 1 aromatic carbocycles. The Bertz CT molecular complexity index is 640. The van der Waals surface area contributed by atoms with Crippen LogP contribution in [-0.4, -0.2) is 23.1 Å². The molecule has 1 aliphatic carbocycles. The van der Waals surface area contributed by atoms with Crippen molar-refractivity contribution in [3.63, 3.8) is 0 Å². The van der Waals surface area contributed by atoms with E-state index in [1.54, 1.807) is 0 Å². The van der Waals surface area contributed by atoms with E-state index in [4.69, 9.17) is 14.7 Å². The van der Waals surface area contributed by atoms with Crippen LogP contribution in [0.3, 0.4) is 0 Å². The van der Waals surface area contributed by atoms with Gasteiger partial charge in [0.1, 0.15) is 11.6 Å². The lowest BCUT2D eigenvalue weighted by Gasteiger charge is -2.11. The standard InChI is InChI=1S/C17H21N3O/c1-3-18-17-14-9-6-10-15(14)19-16(20-17)12-7-5-8-13(11-12)21-4-2/h5,7-8,11H,3-4,6,9-10H2,1-2H3,(H,18,19,20). The molecule has 0 fully saturated rings. The van der Waals surface area contributed by atoms with Crippen molar-refractivity contribution in [2.75, 3.05) is 18.5 Å². The molecule has 4 nitrogen and oxygen atoms in total. The number of aryl methyl sites for hydroxylation is 1. The number of nitrogens with zero attached hydrogens (tertiary/aromatic N) is 2. The molecule has 2 aromatic rings. The predicted molar refractivity (Wildman–Crippen MR) is 84.8 cm³/mol. The van der Waals surface area contributed by atoms with E-state index in [2.05, 4.69) is 12.2 Å². The highest BCUT2D eigenvalue weighted by atomic mass is 16.5. The maximum absolute atomic E-state index is 5.57. The number of fused-ring (bicyclic) bond motifs is 1. The summed E-state index contributed by atoms with van der Waals surface area (Å²) in [6, 6.07) is 8.00. The van der Waals surface area contributed by atoms with E-state index < -0.39 is 0 Å². The normalized spacial score (nSPS) is 13.0. The number of ether oxygens (including phenoxy) is 1. The molecule has 0 spiro atoms. The van der Waals surface area contributed by atoms with Gasteiger partial charge in [0.2, 0.25) is 0 Å². The molecule has 1 heterocycles. The molecule has 110 valence electrons. The molecule has 4 heteroatoms. The van der Waals surface area contributed by atoms with E-state index in [0.29, 0.717) is 6.61 Å². The van der Waals surface area contributed by atoms with Gasteiger partial charge in [-0.2, -0.15) is 0 Å². The number of hydrogen-bond acceptors (Lipinski definition) is 4. The summed E-state index contributed by atoms with van der Waals surface area (Å²) in [6.45, 7) is 5.62. The number of benzene rings is 1. The lowest BCUT2D eigenvalue weighted by Crippen LogP contribution is -2.06. The number of nitrogens with one attached hydrogen (secondary N) is 1. The molecule has 0 saturated carbocycles. The van der Waals surface area contributed by atoms with Crippen LogP contribution < -0.4 is 10.1 Å². The first kappa shape index (κ1) is 13.9. The monoisotopic (exact) mass is 283 g/mol. The van der Waals surface area contributed by atoms with Crippen molar-refractivity contribution in [2.45, 2.75) is 33.1 Å². The number of anilines is 1. The van der Waals surface area contributed by atoms with Gasteiger partial charge in [0, 0.05) is 23.4 Å². The van der Waals surface area contributed by atoms with Gasteiger partial charge in [-0.1, -0.05) is 12.1 Å². The summed E-state index contributed by atoms with van der Waals surface area (Å²) in [5.41, 5.74) is 3.49. The molecule has 1 aliphatic rings. The largest absolute Gasteiger partial charge is 0.494 e. The van der Waals surface area contributed by atoms with Gasteiger partial charge in [-0.15, -0.1) is 0 Å². The SMILES string of the molecule is CCNc1nc(-c2cccc(OCC)c2)nc2c1CCC2. The molecule has 1 aromatic heterocycles.